The molecule has 1 aliphatic heterocycles. The van der Waals surface area contributed by atoms with Crippen LogP contribution in [-0.4, -0.2) is 53.8 Å². The largest absolute Gasteiger partial charge is 0.493 e. The summed E-state index contributed by atoms with van der Waals surface area (Å²) >= 11 is 0. The van der Waals surface area contributed by atoms with Gasteiger partial charge in [-0.2, -0.15) is 4.98 Å². The maximum atomic E-state index is 13.0. The van der Waals surface area contributed by atoms with Gasteiger partial charge in [-0.3, -0.25) is 9.78 Å². The van der Waals surface area contributed by atoms with Crippen molar-refractivity contribution in [1.29, 1.82) is 0 Å². The number of carbonyl (C=O) groups excluding carboxylic acids is 1. The first-order valence-corrected chi connectivity index (χ1v) is 11.0. The number of piperidine rings is 1. The molecule has 3 heterocycles. The lowest BCUT2D eigenvalue weighted by molar-refractivity contribution is -0.135. The summed E-state index contributed by atoms with van der Waals surface area (Å²) in [4.78, 5) is 23.7. The molecule has 0 saturated carbocycles. The standard InChI is InChI=1S/C24H28N4O5/c1-30-19-13-17(14-20(31-2)23(19)32-3)24-26-21(33-27-24)9-10-22(29)28-12-5-4-8-18(28)16-7-6-11-25-15-16/h6-7,11,13-15,18H,4-5,8-10,12H2,1-3H3/t18-/m0/s1. The molecule has 9 nitrogen and oxygen atoms in total. The summed E-state index contributed by atoms with van der Waals surface area (Å²) in [6, 6.07) is 7.53. The van der Waals surface area contributed by atoms with Gasteiger partial charge in [0.1, 0.15) is 0 Å². The number of likely N-dealkylation sites (tertiary alicyclic amines) is 1. The summed E-state index contributed by atoms with van der Waals surface area (Å²) in [7, 11) is 4.64. The fourth-order valence-electron chi connectivity index (χ4n) is 4.19. The number of amides is 1. The Balaban J connectivity index is 1.45. The summed E-state index contributed by atoms with van der Waals surface area (Å²) in [6.07, 6.45) is 7.32. The number of benzene rings is 1. The van der Waals surface area contributed by atoms with Crippen LogP contribution in [0.25, 0.3) is 11.4 Å². The summed E-state index contributed by atoms with van der Waals surface area (Å²) in [5.74, 6) is 2.36. The monoisotopic (exact) mass is 452 g/mol. The maximum Gasteiger partial charge on any atom is 0.227 e. The lowest BCUT2D eigenvalue weighted by Gasteiger charge is -2.36. The molecule has 1 saturated heterocycles. The molecule has 3 aromatic rings. The van der Waals surface area contributed by atoms with E-state index in [-0.39, 0.29) is 11.9 Å². The molecule has 1 aromatic carbocycles. The van der Waals surface area contributed by atoms with Gasteiger partial charge in [-0.1, -0.05) is 11.2 Å². The highest BCUT2D eigenvalue weighted by Gasteiger charge is 2.28. The second-order valence-electron chi connectivity index (χ2n) is 7.81. The van der Waals surface area contributed by atoms with Crippen molar-refractivity contribution < 1.29 is 23.5 Å². The van der Waals surface area contributed by atoms with Crippen LogP contribution in [0, 0.1) is 0 Å². The van der Waals surface area contributed by atoms with Crippen molar-refractivity contribution in [3.63, 3.8) is 0 Å². The smallest absolute Gasteiger partial charge is 0.227 e. The molecule has 0 N–H and O–H groups in total. The molecule has 33 heavy (non-hydrogen) atoms. The highest BCUT2D eigenvalue weighted by atomic mass is 16.5. The van der Waals surface area contributed by atoms with Crippen molar-refractivity contribution in [2.75, 3.05) is 27.9 Å². The molecule has 1 fully saturated rings. The number of aryl methyl sites for hydroxylation is 1. The van der Waals surface area contributed by atoms with Crippen molar-refractivity contribution in [1.82, 2.24) is 20.0 Å². The number of aromatic nitrogens is 3. The minimum Gasteiger partial charge on any atom is -0.493 e. The number of hydrogen-bond donors (Lipinski definition) is 0. The molecule has 1 amide bonds. The topological polar surface area (TPSA) is 99.8 Å². The summed E-state index contributed by atoms with van der Waals surface area (Å²) in [6.45, 7) is 0.749. The molecular formula is C24H28N4O5. The third-order valence-corrected chi connectivity index (χ3v) is 5.84. The molecule has 1 atom stereocenters. The van der Waals surface area contributed by atoms with Crippen molar-refractivity contribution in [2.24, 2.45) is 0 Å². The van der Waals surface area contributed by atoms with E-state index < -0.39 is 0 Å². The summed E-state index contributed by atoms with van der Waals surface area (Å²) < 4.78 is 21.6. The Labute approximate surface area is 192 Å². The lowest BCUT2D eigenvalue weighted by Crippen LogP contribution is -2.38. The van der Waals surface area contributed by atoms with Crippen LogP contribution >= 0.6 is 0 Å². The van der Waals surface area contributed by atoms with Gasteiger partial charge < -0.3 is 23.6 Å². The first-order chi connectivity index (χ1) is 16.1. The highest BCUT2D eigenvalue weighted by Crippen LogP contribution is 2.40. The Kier molecular flexibility index (Phi) is 7.07. The van der Waals surface area contributed by atoms with Crippen LogP contribution in [0.4, 0.5) is 0 Å². The fraction of sp³-hybridized carbons (Fsp3) is 0.417. The van der Waals surface area contributed by atoms with Crippen LogP contribution in [0.5, 0.6) is 17.2 Å². The zero-order chi connectivity index (χ0) is 23.2. The Hall–Kier alpha value is -3.62. The Bertz CT molecular complexity index is 1060. The molecule has 174 valence electrons. The van der Waals surface area contributed by atoms with E-state index >= 15 is 0 Å². The van der Waals surface area contributed by atoms with E-state index in [0.29, 0.717) is 47.4 Å². The Morgan fingerprint density at radius 3 is 2.61 bits per heavy atom. The lowest BCUT2D eigenvalue weighted by atomic mass is 9.96. The van der Waals surface area contributed by atoms with E-state index in [2.05, 4.69) is 15.1 Å². The molecular weight excluding hydrogens is 424 g/mol. The predicted octanol–water partition coefficient (Wildman–Crippen LogP) is 3.84. The summed E-state index contributed by atoms with van der Waals surface area (Å²) in [5.41, 5.74) is 1.74. The van der Waals surface area contributed by atoms with Crippen LogP contribution in [0.3, 0.4) is 0 Å². The molecule has 0 unspecified atom stereocenters. The van der Waals surface area contributed by atoms with Crippen LogP contribution < -0.4 is 14.2 Å². The Morgan fingerprint density at radius 2 is 1.94 bits per heavy atom. The van der Waals surface area contributed by atoms with Crippen molar-refractivity contribution in [2.45, 2.75) is 38.1 Å². The average Bonchev–Trinajstić information content (AvgIpc) is 3.36. The average molecular weight is 453 g/mol. The number of rotatable bonds is 8. The first kappa shape index (κ1) is 22.6. The van der Waals surface area contributed by atoms with Gasteiger partial charge in [-0.25, -0.2) is 0 Å². The van der Waals surface area contributed by atoms with E-state index in [1.807, 2.05) is 23.2 Å². The van der Waals surface area contributed by atoms with Gasteiger partial charge in [0.05, 0.1) is 27.4 Å². The fourth-order valence-corrected chi connectivity index (χ4v) is 4.19. The second-order valence-corrected chi connectivity index (χ2v) is 7.81. The molecule has 9 heteroatoms. The number of pyridine rings is 1. The van der Waals surface area contributed by atoms with Gasteiger partial charge in [-0.15, -0.1) is 0 Å². The van der Waals surface area contributed by atoms with Crippen molar-refractivity contribution >= 4 is 5.91 Å². The van der Waals surface area contributed by atoms with E-state index in [1.54, 1.807) is 39.7 Å². The molecule has 4 rings (SSSR count). The zero-order valence-electron chi connectivity index (χ0n) is 19.1. The molecule has 2 aromatic heterocycles. The zero-order valence-corrected chi connectivity index (χ0v) is 19.1. The van der Waals surface area contributed by atoms with Gasteiger partial charge in [0.25, 0.3) is 0 Å². The molecule has 0 aliphatic carbocycles. The Morgan fingerprint density at radius 1 is 1.15 bits per heavy atom. The maximum absolute atomic E-state index is 13.0. The molecule has 1 aliphatic rings. The van der Waals surface area contributed by atoms with Crippen molar-refractivity contribution in [3.8, 4) is 28.6 Å². The predicted molar refractivity (Wildman–Crippen MR) is 120 cm³/mol. The number of ether oxygens (including phenoxy) is 3. The van der Waals surface area contributed by atoms with Crippen molar-refractivity contribution in [3.05, 3.63) is 48.1 Å². The third-order valence-electron chi connectivity index (χ3n) is 5.84. The number of carbonyl (C=O) groups is 1. The number of hydrogen-bond acceptors (Lipinski definition) is 8. The van der Waals surface area contributed by atoms with E-state index in [9.17, 15) is 4.79 Å². The highest BCUT2D eigenvalue weighted by molar-refractivity contribution is 5.77. The van der Waals surface area contributed by atoms with E-state index in [4.69, 9.17) is 18.7 Å². The molecule has 0 spiro atoms. The van der Waals surface area contributed by atoms with Gasteiger partial charge in [0.15, 0.2) is 11.5 Å². The molecule has 0 radical (unpaired) electrons. The van der Waals surface area contributed by atoms with Gasteiger partial charge in [-0.05, 0) is 43.0 Å². The van der Waals surface area contributed by atoms with Crippen LogP contribution in [0.15, 0.2) is 41.2 Å². The van der Waals surface area contributed by atoms with Gasteiger partial charge >= 0.3 is 0 Å². The number of methoxy groups -OCH3 is 3. The normalized spacial score (nSPS) is 15.8. The minimum atomic E-state index is 0.0671. The van der Waals surface area contributed by atoms with Crippen LogP contribution in [-0.2, 0) is 11.2 Å². The van der Waals surface area contributed by atoms with Gasteiger partial charge in [0, 0.05) is 37.3 Å². The third kappa shape index (κ3) is 4.92. The quantitative estimate of drug-likeness (QED) is 0.508. The van der Waals surface area contributed by atoms with E-state index in [0.717, 1.165) is 31.4 Å². The van der Waals surface area contributed by atoms with Crippen LogP contribution in [0.2, 0.25) is 0 Å². The van der Waals surface area contributed by atoms with Gasteiger partial charge in [0.2, 0.25) is 23.4 Å². The minimum absolute atomic E-state index is 0.0671. The SMILES string of the molecule is COc1cc(-c2noc(CCC(=O)N3CCCC[C@H]3c3cccnc3)n2)cc(OC)c1OC. The number of nitrogens with zero attached hydrogens (tertiary/aromatic N) is 4. The summed E-state index contributed by atoms with van der Waals surface area (Å²) in [5, 5.41) is 4.07. The molecule has 0 bridgehead atoms. The first-order valence-electron chi connectivity index (χ1n) is 11.0. The van der Waals surface area contributed by atoms with E-state index in [1.165, 1.54) is 0 Å². The second kappa shape index (κ2) is 10.3. The van der Waals surface area contributed by atoms with Crippen LogP contribution in [0.1, 0.15) is 43.2 Å².